The van der Waals surface area contributed by atoms with E-state index in [1.165, 1.54) is 49.2 Å². The van der Waals surface area contributed by atoms with Crippen LogP contribution < -0.4 is 10.2 Å². The Kier molecular flexibility index (Phi) is 7.34. The Morgan fingerprint density at radius 1 is 0.967 bits per heavy atom. The van der Waals surface area contributed by atoms with Crippen molar-refractivity contribution in [2.45, 2.75) is 64.0 Å². The molecule has 170 valence electrons. The number of hydrogen-bond donors (Lipinski definition) is 1. The summed E-state index contributed by atoms with van der Waals surface area (Å²) in [5.74, 6) is 1.70. The van der Waals surface area contributed by atoms with Gasteiger partial charge in [0.05, 0.1) is 32.1 Å². The first-order valence-corrected chi connectivity index (χ1v) is 12.0. The Morgan fingerprint density at radius 3 is 2.23 bits per heavy atom. The van der Waals surface area contributed by atoms with Gasteiger partial charge in [-0.15, -0.1) is 0 Å². The van der Waals surface area contributed by atoms with Crippen molar-refractivity contribution in [1.29, 1.82) is 0 Å². The second-order valence-electron chi connectivity index (χ2n) is 9.55. The summed E-state index contributed by atoms with van der Waals surface area (Å²) < 4.78 is 13.3. The summed E-state index contributed by atoms with van der Waals surface area (Å²) in [5, 5.41) is 8.83. The summed E-state index contributed by atoms with van der Waals surface area (Å²) in [6.07, 6.45) is 6.69. The molecule has 30 heavy (non-hydrogen) atoms. The van der Waals surface area contributed by atoms with E-state index in [9.17, 15) is 0 Å². The van der Waals surface area contributed by atoms with E-state index in [0.29, 0.717) is 11.5 Å². The lowest BCUT2D eigenvalue weighted by molar-refractivity contribution is -0.0369. The van der Waals surface area contributed by atoms with E-state index in [4.69, 9.17) is 14.6 Å². The van der Waals surface area contributed by atoms with Crippen molar-refractivity contribution in [3.63, 3.8) is 0 Å². The third kappa shape index (κ3) is 4.69. The smallest absolute Gasteiger partial charge is 0.131 e. The number of nitrogens with one attached hydrogen (secondary N) is 1. The van der Waals surface area contributed by atoms with Gasteiger partial charge in [0.15, 0.2) is 0 Å². The molecule has 3 fully saturated rings. The van der Waals surface area contributed by atoms with Crippen LogP contribution in [0.15, 0.2) is 0 Å². The third-order valence-electron chi connectivity index (χ3n) is 7.22. The number of aromatic nitrogens is 2. The minimum absolute atomic E-state index is 0.293. The summed E-state index contributed by atoms with van der Waals surface area (Å²) in [4.78, 5) is 5.18. The van der Waals surface area contributed by atoms with Crippen LogP contribution in [0.1, 0.15) is 63.1 Å². The zero-order valence-corrected chi connectivity index (χ0v) is 19.3. The summed E-state index contributed by atoms with van der Waals surface area (Å²) in [6.45, 7) is 13.9. The van der Waals surface area contributed by atoms with E-state index < -0.39 is 0 Å². The van der Waals surface area contributed by atoms with E-state index in [-0.39, 0.29) is 0 Å². The summed E-state index contributed by atoms with van der Waals surface area (Å²) in [6, 6.07) is 0. The molecule has 0 atom stereocenters. The van der Waals surface area contributed by atoms with Crippen LogP contribution in [0.25, 0.3) is 0 Å². The largest absolute Gasteiger partial charge is 0.379 e. The molecule has 0 radical (unpaired) electrons. The van der Waals surface area contributed by atoms with E-state index in [1.54, 1.807) is 0 Å². The van der Waals surface area contributed by atoms with Crippen LogP contribution in [0.3, 0.4) is 0 Å². The van der Waals surface area contributed by atoms with Crippen molar-refractivity contribution < 1.29 is 9.47 Å². The van der Waals surface area contributed by atoms with Gasteiger partial charge < -0.3 is 19.7 Å². The topological polar surface area (TPSA) is 54.8 Å². The molecular weight excluding hydrogens is 378 g/mol. The van der Waals surface area contributed by atoms with Gasteiger partial charge in [0, 0.05) is 57.4 Å². The van der Waals surface area contributed by atoms with Gasteiger partial charge in [0.2, 0.25) is 0 Å². The summed E-state index contributed by atoms with van der Waals surface area (Å²) in [5.41, 5.74) is 2.90. The molecule has 0 spiro atoms. The molecule has 0 unspecified atom stereocenters. The summed E-state index contributed by atoms with van der Waals surface area (Å²) in [7, 11) is 2.09. The SMILES string of the molecule is CC(C)c1nn(C)c(N2CCOCC2)c1CNCC1(N2CCOCC2)CCCCC1. The molecule has 3 aliphatic rings. The number of hydrogen-bond acceptors (Lipinski definition) is 6. The number of rotatable bonds is 7. The van der Waals surface area contributed by atoms with Gasteiger partial charge >= 0.3 is 0 Å². The Morgan fingerprint density at radius 2 is 1.60 bits per heavy atom. The second-order valence-corrected chi connectivity index (χ2v) is 9.55. The highest BCUT2D eigenvalue weighted by atomic mass is 16.5. The Balaban J connectivity index is 1.50. The highest BCUT2D eigenvalue weighted by molar-refractivity contribution is 5.51. The standard InChI is InChI=1S/C23H41N5O2/c1-19(2)21-20(22(26(3)25-21)27-9-13-29-14-10-27)17-24-18-23(7-5-4-6-8-23)28-11-15-30-16-12-28/h19,24H,4-18H2,1-3H3. The zero-order valence-electron chi connectivity index (χ0n) is 19.3. The molecule has 7 heteroatoms. The number of morpholine rings is 2. The lowest BCUT2D eigenvalue weighted by Crippen LogP contribution is -2.59. The number of anilines is 1. The first-order valence-electron chi connectivity index (χ1n) is 12.0. The quantitative estimate of drug-likeness (QED) is 0.733. The van der Waals surface area contributed by atoms with E-state index in [0.717, 1.165) is 65.7 Å². The van der Waals surface area contributed by atoms with Crippen LogP contribution in [0.4, 0.5) is 5.82 Å². The maximum atomic E-state index is 5.65. The highest BCUT2D eigenvalue weighted by Crippen LogP contribution is 2.34. The number of ether oxygens (including phenoxy) is 2. The molecule has 2 aliphatic heterocycles. The van der Waals surface area contributed by atoms with Crippen molar-refractivity contribution in [3.05, 3.63) is 11.3 Å². The fourth-order valence-corrected chi connectivity index (χ4v) is 5.66. The molecule has 4 rings (SSSR count). The maximum absolute atomic E-state index is 5.65. The van der Waals surface area contributed by atoms with Crippen LogP contribution in [0, 0.1) is 0 Å². The Hall–Kier alpha value is -1.15. The minimum Gasteiger partial charge on any atom is -0.379 e. The Labute approximate surface area is 182 Å². The first kappa shape index (κ1) is 22.1. The average molecular weight is 420 g/mol. The minimum atomic E-state index is 0.293. The van der Waals surface area contributed by atoms with Gasteiger partial charge in [-0.25, -0.2) is 0 Å². The van der Waals surface area contributed by atoms with Gasteiger partial charge in [-0.05, 0) is 18.8 Å². The molecule has 2 saturated heterocycles. The molecule has 1 N–H and O–H groups in total. The third-order valence-corrected chi connectivity index (χ3v) is 7.22. The fraction of sp³-hybridized carbons (Fsp3) is 0.870. The van der Waals surface area contributed by atoms with E-state index in [1.807, 2.05) is 0 Å². The van der Waals surface area contributed by atoms with Crippen molar-refractivity contribution in [1.82, 2.24) is 20.0 Å². The molecule has 3 heterocycles. The molecule has 0 bridgehead atoms. The molecular formula is C23H41N5O2. The lowest BCUT2D eigenvalue weighted by atomic mass is 9.79. The van der Waals surface area contributed by atoms with E-state index >= 15 is 0 Å². The molecule has 1 aliphatic carbocycles. The molecule has 0 amide bonds. The van der Waals surface area contributed by atoms with Crippen molar-refractivity contribution in [2.24, 2.45) is 7.05 Å². The maximum Gasteiger partial charge on any atom is 0.131 e. The van der Waals surface area contributed by atoms with E-state index in [2.05, 4.69) is 40.7 Å². The average Bonchev–Trinajstić information content (AvgIpc) is 3.12. The zero-order chi connectivity index (χ0) is 21.0. The first-order chi connectivity index (χ1) is 14.6. The van der Waals surface area contributed by atoms with Gasteiger partial charge in [0.25, 0.3) is 0 Å². The van der Waals surface area contributed by atoms with Crippen LogP contribution in [-0.4, -0.2) is 79.4 Å². The number of nitrogens with zero attached hydrogens (tertiary/aromatic N) is 4. The number of aryl methyl sites for hydroxylation is 1. The van der Waals surface area contributed by atoms with Crippen LogP contribution >= 0.6 is 0 Å². The monoisotopic (exact) mass is 419 g/mol. The normalized spacial score (nSPS) is 23.3. The highest BCUT2D eigenvalue weighted by Gasteiger charge is 2.38. The van der Waals surface area contributed by atoms with Crippen LogP contribution in [0.5, 0.6) is 0 Å². The fourth-order valence-electron chi connectivity index (χ4n) is 5.66. The molecule has 7 nitrogen and oxygen atoms in total. The molecule has 1 saturated carbocycles. The predicted octanol–water partition coefficient (Wildman–Crippen LogP) is 2.50. The van der Waals surface area contributed by atoms with Crippen LogP contribution in [0.2, 0.25) is 0 Å². The lowest BCUT2D eigenvalue weighted by Gasteiger charge is -2.48. The van der Waals surface area contributed by atoms with Crippen molar-refractivity contribution in [2.75, 3.05) is 64.1 Å². The van der Waals surface area contributed by atoms with Gasteiger partial charge in [-0.1, -0.05) is 33.1 Å². The molecule has 1 aromatic rings. The molecule has 1 aromatic heterocycles. The second kappa shape index (κ2) is 9.98. The molecule has 0 aromatic carbocycles. The van der Waals surface area contributed by atoms with Gasteiger partial charge in [-0.2, -0.15) is 5.10 Å². The van der Waals surface area contributed by atoms with Crippen molar-refractivity contribution >= 4 is 5.82 Å². The van der Waals surface area contributed by atoms with Gasteiger partial charge in [-0.3, -0.25) is 9.58 Å². The Bertz CT molecular complexity index is 671. The van der Waals surface area contributed by atoms with Gasteiger partial charge in [0.1, 0.15) is 5.82 Å². The van der Waals surface area contributed by atoms with Crippen molar-refractivity contribution in [3.8, 4) is 0 Å². The summed E-state index contributed by atoms with van der Waals surface area (Å²) >= 11 is 0. The predicted molar refractivity (Wildman–Crippen MR) is 120 cm³/mol. The van der Waals surface area contributed by atoms with Crippen LogP contribution in [-0.2, 0) is 23.1 Å².